The smallest absolute Gasteiger partial charge is 0.311 e. The van der Waals surface area contributed by atoms with Crippen molar-refractivity contribution in [3.8, 4) is 11.5 Å². The van der Waals surface area contributed by atoms with Crippen LogP contribution in [0, 0.1) is 11.3 Å². The number of amides is 1. The lowest BCUT2D eigenvalue weighted by atomic mass is 9.76. The molecule has 1 aromatic carbocycles. The second-order valence-corrected chi connectivity index (χ2v) is 6.16. The van der Waals surface area contributed by atoms with E-state index in [4.69, 9.17) is 9.47 Å². The highest BCUT2D eigenvalue weighted by Gasteiger charge is 2.48. The Labute approximate surface area is 136 Å². The highest BCUT2D eigenvalue weighted by molar-refractivity contribution is 5.95. The predicted molar refractivity (Wildman–Crippen MR) is 85.0 cm³/mol. The lowest BCUT2D eigenvalue weighted by Crippen LogP contribution is -2.40. The van der Waals surface area contributed by atoms with Crippen LogP contribution >= 0.6 is 0 Å². The number of ether oxygens (including phenoxy) is 2. The Morgan fingerprint density at radius 3 is 2.35 bits per heavy atom. The molecule has 1 unspecified atom stereocenters. The van der Waals surface area contributed by atoms with Gasteiger partial charge in [0.1, 0.15) is 0 Å². The number of benzene rings is 1. The van der Waals surface area contributed by atoms with Crippen molar-refractivity contribution in [2.24, 2.45) is 11.3 Å². The first-order valence-electron chi connectivity index (χ1n) is 7.60. The normalized spacial score (nSPS) is 20.7. The van der Waals surface area contributed by atoms with E-state index in [-0.39, 0.29) is 18.4 Å². The lowest BCUT2D eigenvalue weighted by Gasteiger charge is -2.28. The van der Waals surface area contributed by atoms with Crippen LogP contribution in [0.1, 0.15) is 30.6 Å². The van der Waals surface area contributed by atoms with Crippen LogP contribution in [0.15, 0.2) is 18.2 Å². The first-order valence-corrected chi connectivity index (χ1v) is 7.60. The maximum atomic E-state index is 12.7. The molecule has 1 aliphatic heterocycles. The van der Waals surface area contributed by atoms with E-state index in [0.717, 1.165) is 0 Å². The molecule has 6 heteroatoms. The fourth-order valence-electron chi connectivity index (χ4n) is 3.05. The summed E-state index contributed by atoms with van der Waals surface area (Å²) < 4.78 is 10.4. The first kappa shape index (κ1) is 17.1. The summed E-state index contributed by atoms with van der Waals surface area (Å²) in [5.41, 5.74) is -0.403. The standard InChI is InChI=1S/C17H23NO5/c1-11(2)17(16(20)21)7-8-18(10-17)15(19)12-5-6-13(22-3)14(9-12)23-4/h5-6,9,11H,7-8,10H2,1-4H3,(H,20,21). The Hall–Kier alpha value is -2.24. The van der Waals surface area contributed by atoms with E-state index in [2.05, 4.69) is 0 Å². The van der Waals surface area contributed by atoms with Crippen LogP contribution in [-0.2, 0) is 4.79 Å². The summed E-state index contributed by atoms with van der Waals surface area (Å²) in [5, 5.41) is 9.58. The van der Waals surface area contributed by atoms with Gasteiger partial charge in [0.25, 0.3) is 5.91 Å². The molecule has 1 atom stereocenters. The van der Waals surface area contributed by atoms with E-state index in [1.54, 1.807) is 23.1 Å². The van der Waals surface area contributed by atoms with Crippen molar-refractivity contribution in [2.45, 2.75) is 20.3 Å². The fourth-order valence-corrected chi connectivity index (χ4v) is 3.05. The van der Waals surface area contributed by atoms with E-state index in [1.807, 2.05) is 13.8 Å². The van der Waals surface area contributed by atoms with Crippen molar-refractivity contribution in [2.75, 3.05) is 27.3 Å². The Balaban J connectivity index is 2.24. The van der Waals surface area contributed by atoms with Crippen molar-refractivity contribution < 1.29 is 24.2 Å². The summed E-state index contributed by atoms with van der Waals surface area (Å²) in [6.45, 7) is 4.45. The van der Waals surface area contributed by atoms with Gasteiger partial charge in [0, 0.05) is 18.7 Å². The summed E-state index contributed by atoms with van der Waals surface area (Å²) in [7, 11) is 3.04. The second-order valence-electron chi connectivity index (χ2n) is 6.16. The van der Waals surface area contributed by atoms with Gasteiger partial charge in [-0.1, -0.05) is 13.8 Å². The summed E-state index contributed by atoms with van der Waals surface area (Å²) >= 11 is 0. The van der Waals surface area contributed by atoms with Crippen molar-refractivity contribution in [3.63, 3.8) is 0 Å². The van der Waals surface area contributed by atoms with Crippen LogP contribution in [0.5, 0.6) is 11.5 Å². The van der Waals surface area contributed by atoms with Gasteiger partial charge in [0.05, 0.1) is 19.6 Å². The predicted octanol–water partition coefficient (Wildman–Crippen LogP) is 2.28. The average Bonchev–Trinajstić information content (AvgIpc) is 3.00. The maximum Gasteiger partial charge on any atom is 0.311 e. The molecule has 1 saturated heterocycles. The van der Waals surface area contributed by atoms with E-state index in [1.165, 1.54) is 14.2 Å². The van der Waals surface area contributed by atoms with Gasteiger partial charge in [-0.15, -0.1) is 0 Å². The number of carboxylic acids is 1. The summed E-state index contributed by atoms with van der Waals surface area (Å²) in [5.74, 6) is -0.0357. The third-order valence-corrected chi connectivity index (χ3v) is 4.75. The monoisotopic (exact) mass is 321 g/mol. The molecule has 0 radical (unpaired) electrons. The average molecular weight is 321 g/mol. The van der Waals surface area contributed by atoms with Crippen molar-refractivity contribution in [3.05, 3.63) is 23.8 Å². The Morgan fingerprint density at radius 2 is 1.87 bits per heavy atom. The van der Waals surface area contributed by atoms with E-state index in [0.29, 0.717) is 30.0 Å². The SMILES string of the molecule is COc1ccc(C(=O)N2CCC(C(=O)O)(C(C)C)C2)cc1OC. The van der Waals surface area contributed by atoms with Gasteiger partial charge >= 0.3 is 5.97 Å². The molecule has 1 heterocycles. The Kier molecular flexibility index (Phi) is 4.82. The quantitative estimate of drug-likeness (QED) is 0.900. The zero-order valence-corrected chi connectivity index (χ0v) is 14.0. The van der Waals surface area contributed by atoms with Gasteiger partial charge in [-0.2, -0.15) is 0 Å². The minimum Gasteiger partial charge on any atom is -0.493 e. The number of hydrogen-bond acceptors (Lipinski definition) is 4. The minimum atomic E-state index is -0.869. The molecule has 0 aliphatic carbocycles. The summed E-state index contributed by atoms with van der Waals surface area (Å²) in [4.78, 5) is 26.0. The molecule has 1 fully saturated rings. The maximum absolute atomic E-state index is 12.7. The van der Waals surface area contributed by atoms with E-state index >= 15 is 0 Å². The number of carbonyl (C=O) groups excluding carboxylic acids is 1. The minimum absolute atomic E-state index is 0.0387. The van der Waals surface area contributed by atoms with Crippen LogP contribution in [0.2, 0.25) is 0 Å². The van der Waals surface area contributed by atoms with Crippen LogP contribution < -0.4 is 9.47 Å². The lowest BCUT2D eigenvalue weighted by molar-refractivity contribution is -0.150. The highest BCUT2D eigenvalue weighted by Crippen LogP contribution is 2.39. The molecule has 0 saturated carbocycles. The van der Waals surface area contributed by atoms with Gasteiger partial charge in [0.2, 0.25) is 0 Å². The van der Waals surface area contributed by atoms with Crippen molar-refractivity contribution in [1.29, 1.82) is 0 Å². The third kappa shape index (κ3) is 2.98. The number of methoxy groups -OCH3 is 2. The van der Waals surface area contributed by atoms with E-state index < -0.39 is 11.4 Å². The van der Waals surface area contributed by atoms with Crippen LogP contribution in [0.3, 0.4) is 0 Å². The van der Waals surface area contributed by atoms with Crippen LogP contribution in [-0.4, -0.2) is 49.2 Å². The molecule has 1 N–H and O–H groups in total. The number of nitrogens with zero attached hydrogens (tertiary/aromatic N) is 1. The van der Waals surface area contributed by atoms with Crippen LogP contribution in [0.25, 0.3) is 0 Å². The molecule has 6 nitrogen and oxygen atoms in total. The number of hydrogen-bond donors (Lipinski definition) is 1. The largest absolute Gasteiger partial charge is 0.493 e. The number of rotatable bonds is 5. The summed E-state index contributed by atoms with van der Waals surface area (Å²) in [6, 6.07) is 4.96. The Morgan fingerprint density at radius 1 is 1.22 bits per heavy atom. The molecule has 1 amide bonds. The molecule has 126 valence electrons. The number of likely N-dealkylation sites (tertiary alicyclic amines) is 1. The highest BCUT2D eigenvalue weighted by atomic mass is 16.5. The van der Waals surface area contributed by atoms with Gasteiger partial charge < -0.3 is 19.5 Å². The molecular formula is C17H23NO5. The molecule has 0 bridgehead atoms. The molecule has 23 heavy (non-hydrogen) atoms. The van der Waals surface area contributed by atoms with Gasteiger partial charge in [0.15, 0.2) is 11.5 Å². The second kappa shape index (κ2) is 6.48. The third-order valence-electron chi connectivity index (χ3n) is 4.75. The first-order chi connectivity index (χ1) is 10.9. The van der Waals surface area contributed by atoms with Crippen molar-refractivity contribution in [1.82, 2.24) is 4.90 Å². The number of carbonyl (C=O) groups is 2. The number of carboxylic acid groups (broad SMARTS) is 1. The van der Waals surface area contributed by atoms with Gasteiger partial charge in [-0.05, 0) is 30.5 Å². The summed E-state index contributed by atoms with van der Waals surface area (Å²) in [6.07, 6.45) is 0.471. The fraction of sp³-hybridized carbons (Fsp3) is 0.529. The molecule has 1 aliphatic rings. The Bertz CT molecular complexity index is 613. The zero-order valence-electron chi connectivity index (χ0n) is 14.0. The van der Waals surface area contributed by atoms with Gasteiger partial charge in [-0.3, -0.25) is 9.59 Å². The van der Waals surface area contributed by atoms with E-state index in [9.17, 15) is 14.7 Å². The topological polar surface area (TPSA) is 76.1 Å². The van der Waals surface area contributed by atoms with Crippen LogP contribution in [0.4, 0.5) is 0 Å². The molecule has 0 aromatic heterocycles. The number of aliphatic carboxylic acids is 1. The molecule has 1 aromatic rings. The zero-order chi connectivity index (χ0) is 17.2. The molecule has 0 spiro atoms. The van der Waals surface area contributed by atoms with Gasteiger partial charge in [-0.25, -0.2) is 0 Å². The molecular weight excluding hydrogens is 298 g/mol. The molecule has 2 rings (SSSR count). The van der Waals surface area contributed by atoms with Crippen molar-refractivity contribution >= 4 is 11.9 Å².